The first-order chi connectivity index (χ1) is 10.6. The zero-order valence-electron chi connectivity index (χ0n) is 16.4. The van der Waals surface area contributed by atoms with Crippen LogP contribution >= 0.6 is 0 Å². The van der Waals surface area contributed by atoms with Gasteiger partial charge < -0.3 is 0 Å². The number of aryl methyl sites for hydroxylation is 1. The molecule has 0 N–H and O–H groups in total. The number of hydrogen-bond acceptors (Lipinski definition) is 0. The Bertz CT molecular complexity index is 450. The van der Waals surface area contributed by atoms with Crippen LogP contribution in [0, 0.1) is 10.8 Å². The maximum atomic E-state index is 3.79. The summed E-state index contributed by atoms with van der Waals surface area (Å²) >= 11 is 0. The molecule has 0 spiro atoms. The molecule has 0 nitrogen and oxygen atoms in total. The van der Waals surface area contributed by atoms with E-state index in [9.17, 15) is 0 Å². The highest BCUT2D eigenvalue weighted by Crippen LogP contribution is 2.43. The van der Waals surface area contributed by atoms with Crippen LogP contribution in [-0.2, 0) is 6.42 Å². The molecule has 0 radical (unpaired) electrons. The molecule has 0 saturated carbocycles. The minimum atomic E-state index is 0.305. The second kappa shape index (κ2) is 8.71. The van der Waals surface area contributed by atoms with Gasteiger partial charge in [0.15, 0.2) is 0 Å². The first kappa shape index (κ1) is 20.0. The third-order valence-corrected chi connectivity index (χ3v) is 4.62. The average Bonchev–Trinajstić information content (AvgIpc) is 2.43. The lowest BCUT2D eigenvalue weighted by Crippen LogP contribution is -2.23. The fourth-order valence-electron chi connectivity index (χ4n) is 3.25. The van der Waals surface area contributed by atoms with Crippen molar-refractivity contribution in [3.05, 3.63) is 48.0 Å². The summed E-state index contributed by atoms with van der Waals surface area (Å²) in [6.45, 7) is 18.0. The summed E-state index contributed by atoms with van der Waals surface area (Å²) in [5, 5.41) is 0. The molecule has 1 unspecified atom stereocenters. The molecule has 0 heteroatoms. The summed E-state index contributed by atoms with van der Waals surface area (Å²) in [6.07, 6.45) is 9.49. The SMILES string of the molecule is C=CCCCCCc1ccc(C(CC(C)(C)C)C(C)(C)C)cc1. The summed E-state index contributed by atoms with van der Waals surface area (Å²) in [5.41, 5.74) is 3.65. The molecule has 1 rings (SSSR count). The van der Waals surface area contributed by atoms with Crippen molar-refractivity contribution >= 4 is 0 Å². The Kier molecular flexibility index (Phi) is 7.58. The summed E-state index contributed by atoms with van der Waals surface area (Å²) in [6, 6.07) is 9.45. The molecule has 1 aromatic rings. The van der Waals surface area contributed by atoms with Gasteiger partial charge in [-0.3, -0.25) is 0 Å². The monoisotopic (exact) mass is 314 g/mol. The van der Waals surface area contributed by atoms with Crippen molar-refractivity contribution in [2.75, 3.05) is 0 Å². The lowest BCUT2D eigenvalue weighted by molar-refractivity contribution is 0.229. The number of allylic oxidation sites excluding steroid dienone is 1. The summed E-state index contributed by atoms with van der Waals surface area (Å²) < 4.78 is 0. The van der Waals surface area contributed by atoms with Crippen molar-refractivity contribution in [3.8, 4) is 0 Å². The van der Waals surface area contributed by atoms with Gasteiger partial charge in [-0.1, -0.05) is 78.3 Å². The minimum absolute atomic E-state index is 0.305. The van der Waals surface area contributed by atoms with Crippen LogP contribution in [-0.4, -0.2) is 0 Å². The molecule has 0 aliphatic carbocycles. The Hall–Kier alpha value is -1.04. The Morgan fingerprint density at radius 1 is 0.913 bits per heavy atom. The molecule has 0 fully saturated rings. The van der Waals surface area contributed by atoms with Crippen molar-refractivity contribution in [3.63, 3.8) is 0 Å². The fourth-order valence-corrected chi connectivity index (χ4v) is 3.25. The van der Waals surface area contributed by atoms with Gasteiger partial charge in [0.05, 0.1) is 0 Å². The minimum Gasteiger partial charge on any atom is -0.103 e. The van der Waals surface area contributed by atoms with Crippen LogP contribution in [0.2, 0.25) is 0 Å². The van der Waals surface area contributed by atoms with E-state index in [0.717, 1.165) is 6.42 Å². The molecule has 1 atom stereocenters. The normalized spacial score (nSPS) is 13.8. The van der Waals surface area contributed by atoms with Gasteiger partial charge in [0.2, 0.25) is 0 Å². The third-order valence-electron chi connectivity index (χ3n) is 4.62. The van der Waals surface area contributed by atoms with E-state index >= 15 is 0 Å². The van der Waals surface area contributed by atoms with Gasteiger partial charge >= 0.3 is 0 Å². The summed E-state index contributed by atoms with van der Waals surface area (Å²) in [5.74, 6) is 0.615. The lowest BCUT2D eigenvalue weighted by Gasteiger charge is -2.36. The fraction of sp³-hybridized carbons (Fsp3) is 0.652. The van der Waals surface area contributed by atoms with E-state index in [2.05, 4.69) is 72.4 Å². The van der Waals surface area contributed by atoms with Crippen LogP contribution in [0.3, 0.4) is 0 Å². The number of benzene rings is 1. The van der Waals surface area contributed by atoms with Crippen LogP contribution in [0.1, 0.15) is 90.7 Å². The highest BCUT2D eigenvalue weighted by molar-refractivity contribution is 5.27. The highest BCUT2D eigenvalue weighted by atomic mass is 14.3. The van der Waals surface area contributed by atoms with Gasteiger partial charge in [-0.2, -0.15) is 0 Å². The molecule has 1 aromatic carbocycles. The van der Waals surface area contributed by atoms with Crippen molar-refractivity contribution in [1.82, 2.24) is 0 Å². The third kappa shape index (κ3) is 7.86. The van der Waals surface area contributed by atoms with E-state index in [1.807, 2.05) is 6.08 Å². The molecule has 130 valence electrons. The summed E-state index contributed by atoms with van der Waals surface area (Å²) in [7, 11) is 0. The van der Waals surface area contributed by atoms with E-state index in [0.29, 0.717) is 16.7 Å². The molecule has 0 saturated heterocycles. The number of unbranched alkanes of at least 4 members (excludes halogenated alkanes) is 3. The van der Waals surface area contributed by atoms with E-state index in [-0.39, 0.29) is 0 Å². The molecule has 0 aliphatic rings. The quantitative estimate of drug-likeness (QED) is 0.343. The standard InChI is InChI=1S/C23H38/c1-8-9-10-11-12-13-19-14-16-20(17-15-19)21(23(5,6)7)18-22(2,3)4/h8,14-17,21H,1,9-13,18H2,2-7H3. The molecule has 0 heterocycles. The maximum Gasteiger partial charge on any atom is -0.0108 e. The Labute approximate surface area is 145 Å². The van der Waals surface area contributed by atoms with Crippen molar-refractivity contribution in [2.45, 2.75) is 86.0 Å². The first-order valence-corrected chi connectivity index (χ1v) is 9.33. The van der Waals surface area contributed by atoms with E-state index in [1.54, 1.807) is 0 Å². The Balaban J connectivity index is 2.70. The van der Waals surface area contributed by atoms with Gasteiger partial charge in [0, 0.05) is 0 Å². The van der Waals surface area contributed by atoms with Crippen molar-refractivity contribution in [1.29, 1.82) is 0 Å². The van der Waals surface area contributed by atoms with Crippen LogP contribution < -0.4 is 0 Å². The van der Waals surface area contributed by atoms with Gasteiger partial charge in [-0.15, -0.1) is 6.58 Å². The first-order valence-electron chi connectivity index (χ1n) is 9.33. The smallest absolute Gasteiger partial charge is 0.0108 e. The molecule has 0 amide bonds. The Morgan fingerprint density at radius 3 is 2.00 bits per heavy atom. The highest BCUT2D eigenvalue weighted by Gasteiger charge is 2.30. The van der Waals surface area contributed by atoms with E-state index < -0.39 is 0 Å². The van der Waals surface area contributed by atoms with Crippen molar-refractivity contribution in [2.24, 2.45) is 10.8 Å². The predicted octanol–water partition coefficient (Wildman–Crippen LogP) is 7.54. The van der Waals surface area contributed by atoms with E-state index in [4.69, 9.17) is 0 Å². The second-order valence-electron chi connectivity index (χ2n) is 9.31. The largest absolute Gasteiger partial charge is 0.103 e. The van der Waals surface area contributed by atoms with Crippen LogP contribution in [0.15, 0.2) is 36.9 Å². The molecular weight excluding hydrogens is 276 g/mol. The zero-order valence-corrected chi connectivity index (χ0v) is 16.4. The number of rotatable bonds is 8. The lowest BCUT2D eigenvalue weighted by atomic mass is 9.69. The number of hydrogen-bond donors (Lipinski definition) is 0. The molecule has 0 aromatic heterocycles. The topological polar surface area (TPSA) is 0 Å². The molecular formula is C23H38. The summed E-state index contributed by atoms with van der Waals surface area (Å²) in [4.78, 5) is 0. The predicted molar refractivity (Wildman–Crippen MR) is 105 cm³/mol. The second-order valence-corrected chi connectivity index (χ2v) is 9.31. The zero-order chi connectivity index (χ0) is 17.5. The van der Waals surface area contributed by atoms with Crippen molar-refractivity contribution < 1.29 is 0 Å². The van der Waals surface area contributed by atoms with Crippen LogP contribution in [0.4, 0.5) is 0 Å². The van der Waals surface area contributed by atoms with Gasteiger partial charge in [-0.05, 0) is 60.0 Å². The Morgan fingerprint density at radius 2 is 1.52 bits per heavy atom. The van der Waals surface area contributed by atoms with Crippen LogP contribution in [0.25, 0.3) is 0 Å². The average molecular weight is 315 g/mol. The molecule has 23 heavy (non-hydrogen) atoms. The van der Waals surface area contributed by atoms with Crippen LogP contribution in [0.5, 0.6) is 0 Å². The molecule has 0 bridgehead atoms. The molecule has 0 aliphatic heterocycles. The van der Waals surface area contributed by atoms with Gasteiger partial charge in [-0.25, -0.2) is 0 Å². The maximum absolute atomic E-state index is 3.79. The van der Waals surface area contributed by atoms with E-state index in [1.165, 1.54) is 43.2 Å². The van der Waals surface area contributed by atoms with Gasteiger partial charge in [0.25, 0.3) is 0 Å². The van der Waals surface area contributed by atoms with Gasteiger partial charge in [0.1, 0.15) is 0 Å².